The highest BCUT2D eigenvalue weighted by Gasteiger charge is 2.34. The summed E-state index contributed by atoms with van der Waals surface area (Å²) < 4.78 is 40.9. The van der Waals surface area contributed by atoms with Crippen molar-refractivity contribution in [2.75, 3.05) is 36.8 Å². The molecule has 0 aliphatic carbocycles. The van der Waals surface area contributed by atoms with E-state index in [-0.39, 0.29) is 11.4 Å². The smallest absolute Gasteiger partial charge is 0.338 e. The summed E-state index contributed by atoms with van der Waals surface area (Å²) >= 11 is 0. The minimum Gasteiger partial charge on any atom is -0.338 e. The second-order valence-corrected chi connectivity index (χ2v) is 8.20. The molecule has 3 amide bonds. The van der Waals surface area contributed by atoms with Gasteiger partial charge in [-0.3, -0.25) is 4.79 Å². The summed E-state index contributed by atoms with van der Waals surface area (Å²) in [5.74, 6) is -0.214. The van der Waals surface area contributed by atoms with Crippen molar-refractivity contribution in [2.45, 2.75) is 32.4 Å². The molecule has 1 saturated heterocycles. The van der Waals surface area contributed by atoms with Gasteiger partial charge in [0.1, 0.15) is 0 Å². The topological polar surface area (TPSA) is 73.5 Å². The van der Waals surface area contributed by atoms with Crippen LogP contribution in [0.3, 0.4) is 0 Å². The molecule has 0 atom stereocenters. The molecule has 1 heterocycles. The Morgan fingerprint density at radius 2 is 1.73 bits per heavy atom. The number of carbonyl (C=O) groups is 2. The van der Waals surface area contributed by atoms with E-state index in [4.69, 9.17) is 0 Å². The largest absolute Gasteiger partial charge is 0.418 e. The fraction of sp³-hybridized carbons (Fsp3) is 0.417. The van der Waals surface area contributed by atoms with Crippen LogP contribution in [0.25, 0.3) is 0 Å². The first-order valence-corrected chi connectivity index (χ1v) is 11.1. The number of nitrogens with one attached hydrogen (secondary N) is 3. The van der Waals surface area contributed by atoms with Gasteiger partial charge in [-0.2, -0.15) is 13.2 Å². The van der Waals surface area contributed by atoms with Gasteiger partial charge in [-0.25, -0.2) is 4.79 Å². The number of hydrogen-bond acceptors (Lipinski definition) is 3. The molecular formula is C24H29F3N4O2. The van der Waals surface area contributed by atoms with Gasteiger partial charge in [0.2, 0.25) is 0 Å². The summed E-state index contributed by atoms with van der Waals surface area (Å²) in [6, 6.07) is 10.8. The number of anilines is 2. The number of hydrogen-bond donors (Lipinski definition) is 3. The number of nitrogens with zero attached hydrogens (tertiary/aromatic N) is 1. The van der Waals surface area contributed by atoms with Crippen LogP contribution in [0, 0.1) is 5.92 Å². The van der Waals surface area contributed by atoms with Crippen LogP contribution in [0.15, 0.2) is 48.5 Å². The van der Waals surface area contributed by atoms with Crippen molar-refractivity contribution in [3.63, 3.8) is 0 Å². The molecule has 1 aliphatic heterocycles. The van der Waals surface area contributed by atoms with Gasteiger partial charge in [0.05, 0.1) is 11.3 Å². The second kappa shape index (κ2) is 11.2. The predicted octanol–water partition coefficient (Wildman–Crippen LogP) is 5.20. The average Bonchev–Trinajstić information content (AvgIpc) is 2.79. The van der Waals surface area contributed by atoms with Crippen LogP contribution in [0.1, 0.15) is 42.1 Å². The molecule has 1 fully saturated rings. The molecule has 178 valence electrons. The highest BCUT2D eigenvalue weighted by Crippen LogP contribution is 2.36. The van der Waals surface area contributed by atoms with Gasteiger partial charge >= 0.3 is 12.2 Å². The van der Waals surface area contributed by atoms with Crippen LogP contribution in [0.5, 0.6) is 0 Å². The zero-order valence-corrected chi connectivity index (χ0v) is 18.5. The maximum absolute atomic E-state index is 13.6. The molecule has 0 bridgehead atoms. The number of alkyl halides is 3. The maximum atomic E-state index is 13.6. The monoisotopic (exact) mass is 462 g/mol. The van der Waals surface area contributed by atoms with Crippen molar-refractivity contribution in [1.29, 1.82) is 0 Å². The summed E-state index contributed by atoms with van der Waals surface area (Å²) in [6.45, 7) is 5.55. The Hall–Kier alpha value is -3.07. The quantitative estimate of drug-likeness (QED) is 0.530. The molecule has 1 aliphatic rings. The second-order valence-electron chi connectivity index (χ2n) is 8.20. The Bertz CT molecular complexity index is 942. The molecule has 0 unspecified atom stereocenters. The number of carbonyl (C=O) groups excluding carboxylic acids is 2. The van der Waals surface area contributed by atoms with Crippen molar-refractivity contribution in [3.05, 3.63) is 59.7 Å². The van der Waals surface area contributed by atoms with Crippen molar-refractivity contribution in [1.82, 2.24) is 10.2 Å². The van der Waals surface area contributed by atoms with Crippen LogP contribution in [0.4, 0.5) is 29.3 Å². The first-order chi connectivity index (χ1) is 15.8. The number of benzene rings is 2. The Balaban J connectivity index is 1.60. The maximum Gasteiger partial charge on any atom is 0.418 e. The van der Waals surface area contributed by atoms with E-state index in [1.54, 1.807) is 30.3 Å². The van der Waals surface area contributed by atoms with Gasteiger partial charge in [-0.05, 0) is 75.1 Å². The molecule has 3 N–H and O–H groups in total. The SMILES string of the molecule is CCCN1CCC(CNC(=O)Nc2ccc(NC(=O)c3ccccc3)cc2C(F)(F)F)CC1. The van der Waals surface area contributed by atoms with Crippen LogP contribution in [0.2, 0.25) is 0 Å². The van der Waals surface area contributed by atoms with E-state index in [1.165, 1.54) is 6.07 Å². The first kappa shape index (κ1) is 24.6. The lowest BCUT2D eigenvalue weighted by Gasteiger charge is -2.31. The van der Waals surface area contributed by atoms with Crippen LogP contribution in [-0.2, 0) is 6.18 Å². The number of likely N-dealkylation sites (tertiary alicyclic amines) is 1. The van der Waals surface area contributed by atoms with E-state index in [0.717, 1.165) is 51.0 Å². The Labute approximate surface area is 191 Å². The van der Waals surface area contributed by atoms with E-state index >= 15 is 0 Å². The van der Waals surface area contributed by atoms with Crippen molar-refractivity contribution in [3.8, 4) is 0 Å². The standard InChI is InChI=1S/C24H29F3N4O2/c1-2-12-31-13-10-17(11-14-31)16-28-23(33)30-21-9-8-19(15-20(21)24(25,26)27)29-22(32)18-6-4-3-5-7-18/h3-9,15,17H,2,10-14,16H2,1H3,(H,29,32)(H2,28,30,33). The summed E-state index contributed by atoms with van der Waals surface area (Å²) in [7, 11) is 0. The fourth-order valence-corrected chi connectivity index (χ4v) is 3.89. The lowest BCUT2D eigenvalue weighted by Crippen LogP contribution is -2.40. The first-order valence-electron chi connectivity index (χ1n) is 11.1. The van der Waals surface area contributed by atoms with Gasteiger partial charge in [0, 0.05) is 17.8 Å². The highest BCUT2D eigenvalue weighted by molar-refractivity contribution is 6.04. The molecule has 3 rings (SSSR count). The molecule has 2 aromatic carbocycles. The third kappa shape index (κ3) is 7.21. The summed E-state index contributed by atoms with van der Waals surface area (Å²) in [4.78, 5) is 26.9. The summed E-state index contributed by atoms with van der Waals surface area (Å²) in [5.41, 5.74) is -1.08. The average molecular weight is 463 g/mol. The van der Waals surface area contributed by atoms with Crippen molar-refractivity contribution in [2.24, 2.45) is 5.92 Å². The normalized spacial score (nSPS) is 15.2. The lowest BCUT2D eigenvalue weighted by atomic mass is 9.97. The third-order valence-electron chi connectivity index (χ3n) is 5.67. The Morgan fingerprint density at radius 1 is 1.03 bits per heavy atom. The van der Waals surface area contributed by atoms with E-state index in [9.17, 15) is 22.8 Å². The third-order valence-corrected chi connectivity index (χ3v) is 5.67. The van der Waals surface area contributed by atoms with Crippen molar-refractivity contribution >= 4 is 23.3 Å². The molecule has 9 heteroatoms. The van der Waals surface area contributed by atoms with Crippen molar-refractivity contribution < 1.29 is 22.8 Å². The van der Waals surface area contributed by atoms with E-state index in [1.807, 2.05) is 0 Å². The zero-order chi connectivity index (χ0) is 23.8. The number of amides is 3. The highest BCUT2D eigenvalue weighted by atomic mass is 19.4. The molecule has 0 radical (unpaired) electrons. The molecular weight excluding hydrogens is 433 g/mol. The molecule has 2 aromatic rings. The zero-order valence-electron chi connectivity index (χ0n) is 18.5. The predicted molar refractivity (Wildman–Crippen MR) is 122 cm³/mol. The molecule has 0 aromatic heterocycles. The van der Waals surface area contributed by atoms with E-state index in [0.29, 0.717) is 18.0 Å². The van der Waals surface area contributed by atoms with Gasteiger partial charge < -0.3 is 20.9 Å². The summed E-state index contributed by atoms with van der Waals surface area (Å²) in [6.07, 6.45) is -1.71. The minimum atomic E-state index is -4.71. The number of urea groups is 1. The Morgan fingerprint density at radius 3 is 2.36 bits per heavy atom. The van der Waals surface area contributed by atoms with Gasteiger partial charge in [0.25, 0.3) is 5.91 Å². The van der Waals surface area contributed by atoms with E-state index < -0.39 is 23.7 Å². The van der Waals surface area contributed by atoms with Gasteiger partial charge in [0.15, 0.2) is 0 Å². The number of rotatable bonds is 7. The molecule has 6 nitrogen and oxygen atoms in total. The Kier molecular flexibility index (Phi) is 8.32. The molecule has 33 heavy (non-hydrogen) atoms. The van der Waals surface area contributed by atoms with E-state index in [2.05, 4.69) is 27.8 Å². The van der Waals surface area contributed by atoms with Crippen LogP contribution >= 0.6 is 0 Å². The van der Waals surface area contributed by atoms with Gasteiger partial charge in [-0.1, -0.05) is 25.1 Å². The number of halogens is 3. The number of piperidine rings is 1. The fourth-order valence-electron chi connectivity index (χ4n) is 3.89. The minimum absolute atomic E-state index is 0.0130. The van der Waals surface area contributed by atoms with Crippen LogP contribution in [-0.4, -0.2) is 43.0 Å². The summed E-state index contributed by atoms with van der Waals surface area (Å²) in [5, 5.41) is 7.45. The molecule has 0 saturated carbocycles. The lowest BCUT2D eigenvalue weighted by molar-refractivity contribution is -0.136. The van der Waals surface area contributed by atoms with Gasteiger partial charge in [-0.15, -0.1) is 0 Å². The van der Waals surface area contributed by atoms with Crippen LogP contribution < -0.4 is 16.0 Å². The molecule has 0 spiro atoms.